The number of hydrogen-bond donors (Lipinski definition) is 0. The molecule has 0 spiro atoms. The van der Waals surface area contributed by atoms with E-state index in [9.17, 15) is 0 Å². The van der Waals surface area contributed by atoms with Crippen LogP contribution in [0.3, 0.4) is 0 Å². The Balaban J connectivity index is 2.18. The van der Waals surface area contributed by atoms with Crippen LogP contribution in [0.4, 0.5) is 0 Å². The number of benzene rings is 3. The summed E-state index contributed by atoms with van der Waals surface area (Å²) in [4.78, 5) is 0. The van der Waals surface area contributed by atoms with Gasteiger partial charge in [0, 0.05) is 4.47 Å². The number of halogens is 3. The molecule has 0 radical (unpaired) electrons. The van der Waals surface area contributed by atoms with Crippen LogP contribution in [0.25, 0.3) is 10.8 Å². The maximum Gasteiger partial charge on any atom is 0.0856 e. The standard InChI is InChI=1S/C17H11BrCl2/c18-15-10-4-9-14(17(15)20)16(19)13-8-3-6-11-5-1-2-7-12(11)13/h1-10,16H. The smallest absolute Gasteiger partial charge is 0.0856 e. The van der Waals surface area contributed by atoms with Crippen LogP contribution in [-0.4, -0.2) is 0 Å². The van der Waals surface area contributed by atoms with Gasteiger partial charge in [-0.1, -0.05) is 66.2 Å². The summed E-state index contributed by atoms with van der Waals surface area (Å²) in [7, 11) is 0. The molecule has 0 saturated carbocycles. The van der Waals surface area contributed by atoms with E-state index in [1.165, 1.54) is 5.39 Å². The van der Waals surface area contributed by atoms with E-state index in [0.29, 0.717) is 5.02 Å². The number of rotatable bonds is 2. The predicted octanol–water partition coefficient (Wildman–Crippen LogP) is 6.58. The fraction of sp³-hybridized carbons (Fsp3) is 0.0588. The zero-order valence-corrected chi connectivity index (χ0v) is 13.6. The highest BCUT2D eigenvalue weighted by molar-refractivity contribution is 9.10. The van der Waals surface area contributed by atoms with Crippen molar-refractivity contribution in [2.24, 2.45) is 0 Å². The van der Waals surface area contributed by atoms with Gasteiger partial charge in [0.05, 0.1) is 10.4 Å². The number of alkyl halides is 1. The lowest BCUT2D eigenvalue weighted by Gasteiger charge is -2.15. The van der Waals surface area contributed by atoms with Gasteiger partial charge >= 0.3 is 0 Å². The molecule has 0 N–H and O–H groups in total. The molecule has 100 valence electrons. The fourth-order valence-corrected chi connectivity index (χ4v) is 3.40. The second-order valence-corrected chi connectivity index (χ2v) is 6.24. The summed E-state index contributed by atoms with van der Waals surface area (Å²) in [6.07, 6.45) is 0. The second-order valence-electron chi connectivity index (χ2n) is 4.57. The molecule has 0 aromatic heterocycles. The normalized spacial score (nSPS) is 12.6. The Kier molecular flexibility index (Phi) is 4.02. The summed E-state index contributed by atoms with van der Waals surface area (Å²) in [5.41, 5.74) is 1.99. The van der Waals surface area contributed by atoms with Gasteiger partial charge in [-0.2, -0.15) is 0 Å². The Morgan fingerprint density at radius 3 is 2.30 bits per heavy atom. The van der Waals surface area contributed by atoms with E-state index in [1.807, 2.05) is 36.4 Å². The molecule has 3 aromatic carbocycles. The fourth-order valence-electron chi connectivity index (χ4n) is 2.36. The SMILES string of the molecule is Clc1c(Br)cccc1C(Cl)c1cccc2ccccc12. The van der Waals surface area contributed by atoms with Gasteiger partial charge in [-0.05, 0) is 43.9 Å². The monoisotopic (exact) mass is 364 g/mol. The molecule has 0 aliphatic heterocycles. The van der Waals surface area contributed by atoms with Gasteiger partial charge in [0.25, 0.3) is 0 Å². The molecule has 3 rings (SSSR count). The molecule has 1 unspecified atom stereocenters. The first kappa shape index (κ1) is 13.9. The van der Waals surface area contributed by atoms with E-state index in [4.69, 9.17) is 23.2 Å². The molecule has 0 amide bonds. The molecule has 0 bridgehead atoms. The molecular weight excluding hydrogens is 355 g/mol. The van der Waals surface area contributed by atoms with Crippen LogP contribution in [0, 0.1) is 0 Å². The molecule has 0 aliphatic rings. The largest absolute Gasteiger partial charge is 0.113 e. The van der Waals surface area contributed by atoms with Gasteiger partial charge in [-0.3, -0.25) is 0 Å². The molecular formula is C17H11BrCl2. The lowest BCUT2D eigenvalue weighted by Crippen LogP contribution is -1.96. The van der Waals surface area contributed by atoms with Gasteiger partial charge in [-0.25, -0.2) is 0 Å². The molecule has 3 heteroatoms. The minimum absolute atomic E-state index is 0.272. The van der Waals surface area contributed by atoms with Crippen LogP contribution in [0.2, 0.25) is 5.02 Å². The third-order valence-electron chi connectivity index (χ3n) is 3.35. The summed E-state index contributed by atoms with van der Waals surface area (Å²) < 4.78 is 0.863. The Morgan fingerprint density at radius 1 is 0.800 bits per heavy atom. The first-order valence-corrected chi connectivity index (χ1v) is 7.85. The topological polar surface area (TPSA) is 0 Å². The van der Waals surface area contributed by atoms with Crippen molar-refractivity contribution in [3.8, 4) is 0 Å². The van der Waals surface area contributed by atoms with Crippen LogP contribution < -0.4 is 0 Å². The molecule has 3 aromatic rings. The molecule has 0 aliphatic carbocycles. The van der Waals surface area contributed by atoms with E-state index >= 15 is 0 Å². The summed E-state index contributed by atoms with van der Waals surface area (Å²) in [6.45, 7) is 0. The van der Waals surface area contributed by atoms with Gasteiger partial charge < -0.3 is 0 Å². The van der Waals surface area contributed by atoms with Crippen molar-refractivity contribution in [3.05, 3.63) is 81.3 Å². The molecule has 20 heavy (non-hydrogen) atoms. The number of fused-ring (bicyclic) bond motifs is 1. The van der Waals surface area contributed by atoms with Crippen LogP contribution in [0.15, 0.2) is 65.1 Å². The summed E-state index contributed by atoms with van der Waals surface area (Å²) in [5.74, 6) is 0. The third kappa shape index (κ3) is 2.46. The van der Waals surface area contributed by atoms with Crippen molar-refractivity contribution in [1.29, 1.82) is 0 Å². The van der Waals surface area contributed by atoms with Crippen LogP contribution in [-0.2, 0) is 0 Å². The lowest BCUT2D eigenvalue weighted by atomic mass is 9.98. The van der Waals surface area contributed by atoms with E-state index in [1.54, 1.807) is 0 Å². The Bertz CT molecular complexity index is 763. The van der Waals surface area contributed by atoms with E-state index < -0.39 is 0 Å². The zero-order chi connectivity index (χ0) is 14.1. The van der Waals surface area contributed by atoms with Crippen molar-refractivity contribution in [2.75, 3.05) is 0 Å². The Hall–Kier alpha value is -1.02. The number of hydrogen-bond acceptors (Lipinski definition) is 0. The average Bonchev–Trinajstić information content (AvgIpc) is 2.49. The zero-order valence-electron chi connectivity index (χ0n) is 10.5. The lowest BCUT2D eigenvalue weighted by molar-refractivity contribution is 1.16. The van der Waals surface area contributed by atoms with Crippen molar-refractivity contribution < 1.29 is 0 Å². The minimum Gasteiger partial charge on any atom is -0.113 e. The summed E-state index contributed by atoms with van der Waals surface area (Å²) in [6, 6.07) is 20.2. The molecule has 0 nitrogen and oxygen atoms in total. The van der Waals surface area contributed by atoms with Crippen LogP contribution in [0.5, 0.6) is 0 Å². The highest BCUT2D eigenvalue weighted by atomic mass is 79.9. The average molecular weight is 366 g/mol. The van der Waals surface area contributed by atoms with E-state index in [0.717, 1.165) is 21.0 Å². The van der Waals surface area contributed by atoms with E-state index in [-0.39, 0.29) is 5.38 Å². The van der Waals surface area contributed by atoms with Gasteiger partial charge in [-0.15, -0.1) is 11.6 Å². The first-order valence-electron chi connectivity index (χ1n) is 6.24. The third-order valence-corrected chi connectivity index (χ3v) is 5.13. The van der Waals surface area contributed by atoms with Crippen molar-refractivity contribution in [1.82, 2.24) is 0 Å². The summed E-state index contributed by atoms with van der Waals surface area (Å²) in [5, 5.41) is 2.74. The van der Waals surface area contributed by atoms with Crippen molar-refractivity contribution >= 4 is 49.9 Å². The minimum atomic E-state index is -0.272. The quantitative estimate of drug-likeness (QED) is 0.449. The van der Waals surface area contributed by atoms with Gasteiger partial charge in [0.1, 0.15) is 0 Å². The van der Waals surface area contributed by atoms with Gasteiger partial charge in [0.2, 0.25) is 0 Å². The highest BCUT2D eigenvalue weighted by Gasteiger charge is 2.17. The second kappa shape index (κ2) is 5.77. The van der Waals surface area contributed by atoms with Crippen molar-refractivity contribution in [2.45, 2.75) is 5.38 Å². The highest BCUT2D eigenvalue weighted by Crippen LogP contribution is 2.39. The molecule has 0 heterocycles. The van der Waals surface area contributed by atoms with Crippen LogP contribution in [0.1, 0.15) is 16.5 Å². The first-order chi connectivity index (χ1) is 9.68. The van der Waals surface area contributed by atoms with Crippen molar-refractivity contribution in [3.63, 3.8) is 0 Å². The molecule has 0 fully saturated rings. The molecule has 1 atom stereocenters. The van der Waals surface area contributed by atoms with Gasteiger partial charge in [0.15, 0.2) is 0 Å². The van der Waals surface area contributed by atoms with Crippen LogP contribution >= 0.6 is 39.1 Å². The maximum absolute atomic E-state index is 6.68. The Morgan fingerprint density at radius 2 is 1.45 bits per heavy atom. The Labute approximate surface area is 136 Å². The summed E-state index contributed by atoms with van der Waals surface area (Å²) >= 11 is 16.5. The maximum atomic E-state index is 6.68. The predicted molar refractivity (Wildman–Crippen MR) is 90.8 cm³/mol. The van der Waals surface area contributed by atoms with E-state index in [2.05, 4.69) is 40.2 Å². The molecule has 0 saturated heterocycles.